The minimum atomic E-state index is -0.127. The van der Waals surface area contributed by atoms with Gasteiger partial charge in [-0.15, -0.1) is 0 Å². The average molecular weight is 327 g/mol. The zero-order valence-corrected chi connectivity index (χ0v) is 13.8. The Labute approximate surface area is 145 Å². The zero-order valence-electron chi connectivity index (χ0n) is 13.8. The summed E-state index contributed by atoms with van der Waals surface area (Å²) in [4.78, 5) is 16.8. The van der Waals surface area contributed by atoms with Gasteiger partial charge in [-0.1, -0.05) is 36.4 Å². The number of hydrogen-bond acceptors (Lipinski definition) is 2. The first kappa shape index (κ1) is 15.1. The Bertz CT molecular complexity index is 1050. The van der Waals surface area contributed by atoms with Gasteiger partial charge in [0.05, 0.1) is 16.7 Å². The van der Waals surface area contributed by atoms with Crippen molar-refractivity contribution in [1.29, 1.82) is 0 Å². The van der Waals surface area contributed by atoms with Crippen LogP contribution >= 0.6 is 0 Å². The highest BCUT2D eigenvalue weighted by atomic mass is 16.1. The number of nitrogens with one attached hydrogen (secondary N) is 1. The van der Waals surface area contributed by atoms with Crippen molar-refractivity contribution in [3.05, 3.63) is 90.3 Å². The van der Waals surface area contributed by atoms with Gasteiger partial charge in [0.1, 0.15) is 6.33 Å². The number of rotatable bonds is 3. The Hall–Kier alpha value is -3.40. The molecule has 0 spiro atoms. The molecule has 0 unspecified atom stereocenters. The van der Waals surface area contributed by atoms with Crippen LogP contribution in [0.15, 0.2) is 79.1 Å². The van der Waals surface area contributed by atoms with E-state index < -0.39 is 0 Å². The van der Waals surface area contributed by atoms with Crippen molar-refractivity contribution in [2.45, 2.75) is 6.92 Å². The number of hydrogen-bond donors (Lipinski definition) is 1. The number of fused-ring (bicyclic) bond motifs is 1. The lowest BCUT2D eigenvalue weighted by Crippen LogP contribution is -2.11. The van der Waals surface area contributed by atoms with E-state index in [2.05, 4.69) is 33.9 Å². The van der Waals surface area contributed by atoms with Crippen LogP contribution in [0.4, 0.5) is 5.69 Å². The molecule has 0 aliphatic carbocycles. The van der Waals surface area contributed by atoms with E-state index in [-0.39, 0.29) is 5.91 Å². The van der Waals surface area contributed by atoms with Gasteiger partial charge in [-0.05, 0) is 48.9 Å². The fraction of sp³-hybridized carbons (Fsp3) is 0.0476. The Kier molecular flexibility index (Phi) is 3.78. The quantitative estimate of drug-likeness (QED) is 0.598. The van der Waals surface area contributed by atoms with Gasteiger partial charge in [-0.25, -0.2) is 4.98 Å². The molecule has 0 fully saturated rings. The third kappa shape index (κ3) is 2.90. The fourth-order valence-corrected chi connectivity index (χ4v) is 2.91. The van der Waals surface area contributed by atoms with E-state index in [1.807, 2.05) is 54.9 Å². The summed E-state index contributed by atoms with van der Waals surface area (Å²) in [6, 6.07) is 23.1. The lowest BCUT2D eigenvalue weighted by atomic mass is 10.2. The van der Waals surface area contributed by atoms with Crippen LogP contribution < -0.4 is 5.32 Å². The standard InChI is InChI=1S/C21H17N3O/c1-15-7-5-6-10-19(15)24-14-22-18-13-17(11-12-20(18)24)23-21(25)16-8-3-2-4-9-16/h2-14H,1H3,(H,23,25). The molecule has 1 amide bonds. The van der Waals surface area contributed by atoms with Crippen molar-refractivity contribution >= 4 is 22.6 Å². The Balaban J connectivity index is 1.66. The molecule has 1 heterocycles. The minimum absolute atomic E-state index is 0.127. The molecular formula is C21H17N3O. The van der Waals surface area contributed by atoms with Gasteiger partial charge in [-0.2, -0.15) is 0 Å². The second-order valence-corrected chi connectivity index (χ2v) is 5.92. The van der Waals surface area contributed by atoms with Gasteiger partial charge in [0.25, 0.3) is 5.91 Å². The largest absolute Gasteiger partial charge is 0.322 e. The molecule has 0 aliphatic heterocycles. The maximum atomic E-state index is 12.3. The summed E-state index contributed by atoms with van der Waals surface area (Å²) in [6.45, 7) is 2.08. The van der Waals surface area contributed by atoms with Crippen LogP contribution in [0, 0.1) is 6.92 Å². The van der Waals surface area contributed by atoms with E-state index in [0.717, 1.165) is 22.4 Å². The molecule has 4 heteroatoms. The maximum Gasteiger partial charge on any atom is 0.255 e. The lowest BCUT2D eigenvalue weighted by Gasteiger charge is -2.09. The van der Waals surface area contributed by atoms with Gasteiger partial charge >= 0.3 is 0 Å². The SMILES string of the molecule is Cc1ccccc1-n1cnc2cc(NC(=O)c3ccccc3)ccc21. The third-order valence-electron chi connectivity index (χ3n) is 4.22. The molecule has 1 aromatic heterocycles. The number of carbonyl (C=O) groups excluding carboxylic acids is 1. The highest BCUT2D eigenvalue weighted by molar-refractivity contribution is 6.04. The van der Waals surface area contributed by atoms with Gasteiger partial charge in [-0.3, -0.25) is 9.36 Å². The monoisotopic (exact) mass is 327 g/mol. The van der Waals surface area contributed by atoms with E-state index in [1.54, 1.807) is 12.1 Å². The van der Waals surface area contributed by atoms with Crippen LogP contribution in [0.1, 0.15) is 15.9 Å². The number of aromatic nitrogens is 2. The van der Waals surface area contributed by atoms with Crippen LogP contribution in [-0.4, -0.2) is 15.5 Å². The summed E-state index contributed by atoms with van der Waals surface area (Å²) in [6.07, 6.45) is 1.82. The number of aryl methyl sites for hydroxylation is 1. The molecule has 1 N–H and O–H groups in total. The second-order valence-electron chi connectivity index (χ2n) is 5.92. The molecule has 122 valence electrons. The van der Waals surface area contributed by atoms with Crippen molar-refractivity contribution < 1.29 is 4.79 Å². The Morgan fingerprint density at radius 2 is 1.72 bits per heavy atom. The van der Waals surface area contributed by atoms with Crippen LogP contribution in [0.25, 0.3) is 16.7 Å². The summed E-state index contributed by atoms with van der Waals surface area (Å²) in [5.74, 6) is -0.127. The third-order valence-corrected chi connectivity index (χ3v) is 4.22. The average Bonchev–Trinajstić information content (AvgIpc) is 3.06. The van der Waals surface area contributed by atoms with E-state index in [4.69, 9.17) is 0 Å². The maximum absolute atomic E-state index is 12.3. The summed E-state index contributed by atoms with van der Waals surface area (Å²) in [5.41, 5.74) is 5.50. The van der Waals surface area contributed by atoms with E-state index in [9.17, 15) is 4.79 Å². The molecule has 0 saturated carbocycles. The fourth-order valence-electron chi connectivity index (χ4n) is 2.91. The Morgan fingerprint density at radius 3 is 2.52 bits per heavy atom. The number of amides is 1. The molecule has 0 aliphatic rings. The first-order valence-electron chi connectivity index (χ1n) is 8.12. The van der Waals surface area contributed by atoms with Crippen molar-refractivity contribution in [2.24, 2.45) is 0 Å². The number of para-hydroxylation sites is 1. The summed E-state index contributed by atoms with van der Waals surface area (Å²) in [5, 5.41) is 2.92. The van der Waals surface area contributed by atoms with Crippen molar-refractivity contribution in [2.75, 3.05) is 5.32 Å². The predicted octanol–water partition coefficient (Wildman–Crippen LogP) is 4.59. The van der Waals surface area contributed by atoms with E-state index in [0.29, 0.717) is 5.56 Å². The number of nitrogens with zero attached hydrogens (tertiary/aromatic N) is 2. The molecule has 0 atom stereocenters. The molecule has 0 radical (unpaired) electrons. The smallest absolute Gasteiger partial charge is 0.255 e. The lowest BCUT2D eigenvalue weighted by molar-refractivity contribution is 0.102. The molecule has 3 aromatic carbocycles. The normalized spacial score (nSPS) is 10.8. The summed E-state index contributed by atoms with van der Waals surface area (Å²) < 4.78 is 2.06. The zero-order chi connectivity index (χ0) is 17.2. The van der Waals surface area contributed by atoms with Crippen LogP contribution in [-0.2, 0) is 0 Å². The van der Waals surface area contributed by atoms with Crippen molar-refractivity contribution in [3.8, 4) is 5.69 Å². The van der Waals surface area contributed by atoms with E-state index in [1.165, 1.54) is 5.56 Å². The topological polar surface area (TPSA) is 46.9 Å². The van der Waals surface area contributed by atoms with Gasteiger partial charge in [0, 0.05) is 11.3 Å². The molecule has 4 aromatic rings. The molecule has 0 bridgehead atoms. The number of benzene rings is 3. The van der Waals surface area contributed by atoms with Gasteiger partial charge in [0.15, 0.2) is 0 Å². The number of carbonyl (C=O) groups is 1. The summed E-state index contributed by atoms with van der Waals surface area (Å²) in [7, 11) is 0. The van der Waals surface area contributed by atoms with Crippen LogP contribution in [0.5, 0.6) is 0 Å². The minimum Gasteiger partial charge on any atom is -0.322 e. The van der Waals surface area contributed by atoms with Crippen molar-refractivity contribution in [3.63, 3.8) is 0 Å². The van der Waals surface area contributed by atoms with Crippen molar-refractivity contribution in [1.82, 2.24) is 9.55 Å². The first-order chi connectivity index (χ1) is 12.2. The highest BCUT2D eigenvalue weighted by Gasteiger charge is 2.09. The predicted molar refractivity (Wildman–Crippen MR) is 100 cm³/mol. The molecule has 4 rings (SSSR count). The van der Waals surface area contributed by atoms with Crippen LogP contribution in [0.2, 0.25) is 0 Å². The summed E-state index contributed by atoms with van der Waals surface area (Å²) >= 11 is 0. The van der Waals surface area contributed by atoms with Gasteiger partial charge in [0.2, 0.25) is 0 Å². The Morgan fingerprint density at radius 1 is 0.960 bits per heavy atom. The molecular weight excluding hydrogens is 310 g/mol. The van der Waals surface area contributed by atoms with Gasteiger partial charge < -0.3 is 5.32 Å². The molecule has 25 heavy (non-hydrogen) atoms. The molecule has 4 nitrogen and oxygen atoms in total. The number of imidazole rings is 1. The highest BCUT2D eigenvalue weighted by Crippen LogP contribution is 2.23. The first-order valence-corrected chi connectivity index (χ1v) is 8.12. The van der Waals surface area contributed by atoms with E-state index >= 15 is 0 Å². The second kappa shape index (κ2) is 6.24. The molecule has 0 saturated heterocycles. The van der Waals surface area contributed by atoms with Crippen LogP contribution in [0.3, 0.4) is 0 Å². The number of anilines is 1.